The van der Waals surface area contributed by atoms with Gasteiger partial charge in [-0.1, -0.05) is 60.7 Å². The van der Waals surface area contributed by atoms with E-state index in [9.17, 15) is 25.2 Å². The summed E-state index contributed by atoms with van der Waals surface area (Å²) in [6.07, 6.45) is 4.21. The molecule has 0 saturated carbocycles. The molecular weight excluding hydrogens is 681 g/mol. The van der Waals surface area contributed by atoms with Crippen molar-refractivity contribution < 1.29 is 34.7 Å². The van der Waals surface area contributed by atoms with Crippen LogP contribution in [-0.4, -0.2) is 58.6 Å². The standard InChI is InChI=1S/C45H48N2O7/c1-46-26-30-18-34(23-36(48)19-30)38(20-28-11-13-40(49)44(21-28)53-2)43(52)25-42(51)35(17-29-15-16-47-27-29)22-33-12-14-41(50)45(54-3)39(33)24-32-9-6-8-31-7-4-5-10-37(31)32/h4-16,18-19,21,23,27,35,38,42,46-51H,17,20,22,24-26H2,1-3H3/t35-,38-,42-/m1/s1. The van der Waals surface area contributed by atoms with E-state index in [1.54, 1.807) is 37.4 Å². The summed E-state index contributed by atoms with van der Waals surface area (Å²) in [6.45, 7) is 0.494. The number of H-pyrrole nitrogens is 1. The zero-order chi connectivity index (χ0) is 38.2. The Morgan fingerprint density at radius 1 is 0.778 bits per heavy atom. The first-order valence-corrected chi connectivity index (χ1v) is 18.2. The van der Waals surface area contributed by atoms with Crippen molar-refractivity contribution in [3.05, 3.63) is 148 Å². The maximum absolute atomic E-state index is 14.5. The lowest BCUT2D eigenvalue weighted by molar-refractivity contribution is -0.123. The first-order chi connectivity index (χ1) is 26.2. The number of fused-ring (bicyclic) bond motifs is 1. The molecule has 54 heavy (non-hydrogen) atoms. The molecule has 6 rings (SSSR count). The highest BCUT2D eigenvalue weighted by Gasteiger charge is 2.30. The smallest absolute Gasteiger partial charge is 0.164 e. The van der Waals surface area contributed by atoms with Crippen molar-refractivity contribution in [2.75, 3.05) is 21.3 Å². The van der Waals surface area contributed by atoms with E-state index in [-0.39, 0.29) is 41.8 Å². The highest BCUT2D eigenvalue weighted by molar-refractivity contribution is 5.87. The molecule has 0 bridgehead atoms. The summed E-state index contributed by atoms with van der Waals surface area (Å²) >= 11 is 0. The molecule has 1 heterocycles. The summed E-state index contributed by atoms with van der Waals surface area (Å²) in [7, 11) is 4.83. The Bertz CT molecular complexity index is 2190. The van der Waals surface area contributed by atoms with Gasteiger partial charge in [0.1, 0.15) is 11.5 Å². The molecule has 0 saturated heterocycles. The molecule has 0 fully saturated rings. The average molecular weight is 729 g/mol. The molecule has 5 aromatic carbocycles. The number of rotatable bonds is 17. The van der Waals surface area contributed by atoms with E-state index in [1.807, 2.05) is 55.8 Å². The quantitative estimate of drug-likeness (QED) is 0.0572. The van der Waals surface area contributed by atoms with Crippen LogP contribution in [0.3, 0.4) is 0 Å². The van der Waals surface area contributed by atoms with Gasteiger partial charge in [-0.2, -0.15) is 0 Å². The number of carbonyl (C=O) groups excluding carboxylic acids is 1. The van der Waals surface area contributed by atoms with Crippen molar-refractivity contribution in [2.45, 2.75) is 50.7 Å². The first kappa shape index (κ1) is 38.0. The lowest BCUT2D eigenvalue weighted by atomic mass is 9.80. The van der Waals surface area contributed by atoms with E-state index in [2.05, 4.69) is 34.6 Å². The molecule has 280 valence electrons. The number of aromatic amines is 1. The Morgan fingerprint density at radius 3 is 2.33 bits per heavy atom. The summed E-state index contributed by atoms with van der Waals surface area (Å²) in [4.78, 5) is 17.6. The molecule has 3 atom stereocenters. The van der Waals surface area contributed by atoms with Crippen LogP contribution in [0.25, 0.3) is 10.8 Å². The van der Waals surface area contributed by atoms with Crippen LogP contribution in [0.2, 0.25) is 0 Å². The Labute approximate surface area is 315 Å². The van der Waals surface area contributed by atoms with Gasteiger partial charge in [-0.25, -0.2) is 0 Å². The van der Waals surface area contributed by atoms with Crippen LogP contribution in [0, 0.1) is 5.92 Å². The molecule has 6 aromatic rings. The number of carbonyl (C=O) groups is 1. The number of aliphatic hydroxyl groups excluding tert-OH is 1. The number of ether oxygens (including phenoxy) is 2. The number of phenolic OH excluding ortho intramolecular Hbond substituents is 3. The van der Waals surface area contributed by atoms with Crippen LogP contribution in [0.15, 0.2) is 109 Å². The number of hydrogen-bond acceptors (Lipinski definition) is 8. The summed E-state index contributed by atoms with van der Waals surface area (Å²) in [6, 6.07) is 30.0. The summed E-state index contributed by atoms with van der Waals surface area (Å²) in [5.41, 5.74) is 6.00. The molecule has 0 spiro atoms. The maximum Gasteiger partial charge on any atom is 0.164 e. The van der Waals surface area contributed by atoms with Gasteiger partial charge in [0.2, 0.25) is 0 Å². The number of aromatic hydroxyl groups is 3. The molecular formula is C45H48N2O7. The predicted octanol–water partition coefficient (Wildman–Crippen LogP) is 7.36. The number of methoxy groups -OCH3 is 2. The van der Waals surface area contributed by atoms with Gasteiger partial charge in [0.15, 0.2) is 23.0 Å². The highest BCUT2D eigenvalue weighted by atomic mass is 16.5. The average Bonchev–Trinajstić information content (AvgIpc) is 3.68. The number of ketones is 1. The van der Waals surface area contributed by atoms with Crippen molar-refractivity contribution in [3.63, 3.8) is 0 Å². The second-order valence-corrected chi connectivity index (χ2v) is 13.9. The molecule has 0 aliphatic heterocycles. The fourth-order valence-corrected chi connectivity index (χ4v) is 7.55. The first-order valence-electron chi connectivity index (χ1n) is 18.2. The van der Waals surface area contributed by atoms with Gasteiger partial charge in [0, 0.05) is 43.3 Å². The normalized spacial score (nSPS) is 13.0. The van der Waals surface area contributed by atoms with Crippen molar-refractivity contribution in [3.8, 4) is 28.7 Å². The third kappa shape index (κ3) is 8.87. The molecule has 0 amide bonds. The number of nitrogens with one attached hydrogen (secondary N) is 2. The largest absolute Gasteiger partial charge is 0.508 e. The second-order valence-electron chi connectivity index (χ2n) is 13.9. The van der Waals surface area contributed by atoms with Crippen LogP contribution in [0.5, 0.6) is 28.7 Å². The molecule has 0 radical (unpaired) electrons. The van der Waals surface area contributed by atoms with Crippen molar-refractivity contribution >= 4 is 16.6 Å². The van der Waals surface area contributed by atoms with Crippen molar-refractivity contribution in [1.82, 2.24) is 10.3 Å². The highest BCUT2D eigenvalue weighted by Crippen LogP contribution is 2.38. The predicted molar refractivity (Wildman–Crippen MR) is 211 cm³/mol. The number of Topliss-reactive ketones (excluding diaryl/α,β-unsaturated/α-hetero) is 1. The van der Waals surface area contributed by atoms with Gasteiger partial charge in [-0.05, 0) is 113 Å². The minimum absolute atomic E-state index is 0.00788. The molecule has 0 unspecified atom stereocenters. The Kier molecular flexibility index (Phi) is 12.2. The summed E-state index contributed by atoms with van der Waals surface area (Å²) in [5, 5.41) is 49.3. The minimum atomic E-state index is -1.04. The second kappa shape index (κ2) is 17.4. The van der Waals surface area contributed by atoms with Crippen LogP contribution in [-0.2, 0) is 37.0 Å². The van der Waals surface area contributed by atoms with E-state index < -0.39 is 12.0 Å². The van der Waals surface area contributed by atoms with E-state index in [0.717, 1.165) is 44.2 Å². The van der Waals surface area contributed by atoms with Crippen molar-refractivity contribution in [1.29, 1.82) is 0 Å². The van der Waals surface area contributed by atoms with Gasteiger partial charge in [0.25, 0.3) is 0 Å². The zero-order valence-electron chi connectivity index (χ0n) is 30.9. The molecule has 9 nitrogen and oxygen atoms in total. The van der Waals surface area contributed by atoms with E-state index in [0.29, 0.717) is 42.9 Å². The van der Waals surface area contributed by atoms with Gasteiger partial charge >= 0.3 is 0 Å². The number of hydrogen-bond donors (Lipinski definition) is 6. The van der Waals surface area contributed by atoms with Gasteiger partial charge in [-0.3, -0.25) is 4.79 Å². The van der Waals surface area contributed by atoms with Crippen molar-refractivity contribution in [2.24, 2.45) is 5.92 Å². The number of benzene rings is 5. The fourth-order valence-electron chi connectivity index (χ4n) is 7.55. The molecule has 0 aliphatic carbocycles. The summed E-state index contributed by atoms with van der Waals surface area (Å²) in [5.74, 6) is -0.529. The molecule has 1 aromatic heterocycles. The minimum Gasteiger partial charge on any atom is -0.508 e. The van der Waals surface area contributed by atoms with E-state index in [4.69, 9.17) is 9.47 Å². The van der Waals surface area contributed by atoms with E-state index in [1.165, 1.54) is 13.2 Å². The van der Waals surface area contributed by atoms with Crippen LogP contribution < -0.4 is 14.8 Å². The monoisotopic (exact) mass is 728 g/mol. The third-order valence-electron chi connectivity index (χ3n) is 10.2. The van der Waals surface area contributed by atoms with Gasteiger partial charge in [-0.15, -0.1) is 0 Å². The number of aromatic nitrogens is 1. The lowest BCUT2D eigenvalue weighted by Crippen LogP contribution is -2.30. The third-order valence-corrected chi connectivity index (χ3v) is 10.2. The van der Waals surface area contributed by atoms with Crippen LogP contribution in [0.1, 0.15) is 51.3 Å². The molecule has 9 heteroatoms. The fraction of sp³-hybridized carbons (Fsp3) is 0.267. The summed E-state index contributed by atoms with van der Waals surface area (Å²) < 4.78 is 11.1. The Hall–Kier alpha value is -5.77. The lowest BCUT2D eigenvalue weighted by Gasteiger charge is -2.26. The van der Waals surface area contributed by atoms with E-state index >= 15 is 0 Å². The van der Waals surface area contributed by atoms with Gasteiger partial charge in [0.05, 0.1) is 20.3 Å². The number of phenols is 3. The Morgan fingerprint density at radius 2 is 1.57 bits per heavy atom. The molecule has 6 N–H and O–H groups in total. The van der Waals surface area contributed by atoms with Crippen LogP contribution >= 0.6 is 0 Å². The zero-order valence-corrected chi connectivity index (χ0v) is 30.9. The molecule has 0 aliphatic rings. The van der Waals surface area contributed by atoms with Gasteiger partial charge < -0.3 is 40.2 Å². The Balaban J connectivity index is 1.34. The topological polar surface area (TPSA) is 144 Å². The number of aliphatic hydroxyl groups is 1. The SMILES string of the molecule is CNCc1cc(O)cc([C@@H](Cc2ccc(O)c(OC)c2)C(=O)C[C@@H](O)[C@H](Cc2cc[nH]c2)Cc2ccc(O)c(OC)c2Cc2cccc3ccccc23)c1. The van der Waals surface area contributed by atoms with Crippen LogP contribution in [0.4, 0.5) is 0 Å². The maximum atomic E-state index is 14.5.